The van der Waals surface area contributed by atoms with Gasteiger partial charge in [-0.1, -0.05) is 6.07 Å². The highest BCUT2D eigenvalue weighted by Gasteiger charge is 2.15. The second-order valence-electron chi connectivity index (χ2n) is 3.63. The van der Waals surface area contributed by atoms with Crippen LogP contribution in [0.15, 0.2) is 17.5 Å². The fourth-order valence-corrected chi connectivity index (χ4v) is 2.94. The fourth-order valence-electron chi connectivity index (χ4n) is 1.28. The van der Waals surface area contributed by atoms with Crippen molar-refractivity contribution in [2.24, 2.45) is 0 Å². The summed E-state index contributed by atoms with van der Waals surface area (Å²) in [4.78, 5) is 1.16. The van der Waals surface area contributed by atoms with Gasteiger partial charge in [0.1, 0.15) is 0 Å². The van der Waals surface area contributed by atoms with E-state index in [0.29, 0.717) is 25.9 Å². The van der Waals surface area contributed by atoms with Crippen molar-refractivity contribution in [3.8, 4) is 0 Å². The molecule has 0 radical (unpaired) electrons. The third kappa shape index (κ3) is 5.13. The molecule has 0 aliphatic heterocycles. The van der Waals surface area contributed by atoms with Crippen LogP contribution < -0.4 is 4.72 Å². The monoisotopic (exact) mass is 278 g/mol. The summed E-state index contributed by atoms with van der Waals surface area (Å²) in [5, 5.41) is 10.6. The van der Waals surface area contributed by atoms with Crippen molar-refractivity contribution in [2.45, 2.75) is 12.8 Å². The minimum atomic E-state index is -3.41. The Morgan fingerprint density at radius 3 is 2.88 bits per heavy atom. The predicted molar refractivity (Wildman–Crippen MR) is 69.3 cm³/mol. The van der Waals surface area contributed by atoms with Crippen molar-refractivity contribution in [3.63, 3.8) is 0 Å². The topological polar surface area (TPSA) is 69.6 Å². The molecule has 0 unspecified atom stereocenters. The molecule has 0 atom stereocenters. The summed E-state index contributed by atoms with van der Waals surface area (Å²) in [6, 6.07) is 3.93. The zero-order chi connectivity index (χ0) is 12.7. The van der Waals surface area contributed by atoms with Crippen LogP contribution in [0.4, 0.5) is 0 Å². The largest absolute Gasteiger partial charge is 0.396 e. The van der Waals surface area contributed by atoms with Crippen LogP contribution in [-0.2, 0) is 16.6 Å². The first kappa shape index (κ1) is 14.6. The maximum absolute atomic E-state index is 11.7. The molecule has 5 nitrogen and oxygen atoms in total. The zero-order valence-electron chi connectivity index (χ0n) is 9.80. The van der Waals surface area contributed by atoms with Gasteiger partial charge in [-0.2, -0.15) is 12.7 Å². The van der Waals surface area contributed by atoms with Gasteiger partial charge in [0.15, 0.2) is 0 Å². The predicted octanol–water partition coefficient (Wildman–Crippen LogP) is 0.439. The smallest absolute Gasteiger partial charge is 0.279 e. The Morgan fingerprint density at radius 1 is 1.53 bits per heavy atom. The summed E-state index contributed by atoms with van der Waals surface area (Å²) in [6.45, 7) is 0.714. The van der Waals surface area contributed by atoms with Gasteiger partial charge in [-0.05, 0) is 24.3 Å². The zero-order valence-corrected chi connectivity index (χ0v) is 11.4. The van der Waals surface area contributed by atoms with Crippen LogP contribution in [0.3, 0.4) is 0 Å². The lowest BCUT2D eigenvalue weighted by Crippen LogP contribution is -2.39. The first-order valence-electron chi connectivity index (χ1n) is 5.40. The lowest BCUT2D eigenvalue weighted by molar-refractivity contribution is 0.275. The van der Waals surface area contributed by atoms with E-state index in [1.807, 2.05) is 17.5 Å². The van der Waals surface area contributed by atoms with Crippen molar-refractivity contribution in [1.29, 1.82) is 0 Å². The Balaban J connectivity index is 2.33. The highest BCUT2D eigenvalue weighted by molar-refractivity contribution is 7.87. The van der Waals surface area contributed by atoms with Gasteiger partial charge in [0.2, 0.25) is 0 Å². The SMILES string of the molecule is CN(CCCO)S(=O)(=O)NCCc1cccs1. The second kappa shape index (κ2) is 7.07. The average Bonchev–Trinajstić information content (AvgIpc) is 2.78. The van der Waals surface area contributed by atoms with Crippen molar-refractivity contribution < 1.29 is 13.5 Å². The quantitative estimate of drug-likeness (QED) is 0.725. The van der Waals surface area contributed by atoms with Crippen LogP contribution in [0.2, 0.25) is 0 Å². The van der Waals surface area contributed by atoms with Crippen LogP contribution in [0.1, 0.15) is 11.3 Å². The van der Waals surface area contributed by atoms with Gasteiger partial charge in [-0.3, -0.25) is 0 Å². The first-order valence-corrected chi connectivity index (χ1v) is 7.72. The minimum absolute atomic E-state index is 0.00491. The van der Waals surface area contributed by atoms with Crippen molar-refractivity contribution >= 4 is 21.5 Å². The number of rotatable bonds is 8. The van der Waals surface area contributed by atoms with E-state index >= 15 is 0 Å². The average molecular weight is 278 g/mol. The number of nitrogens with zero attached hydrogens (tertiary/aromatic N) is 1. The van der Waals surface area contributed by atoms with Crippen LogP contribution >= 0.6 is 11.3 Å². The molecule has 0 amide bonds. The summed E-state index contributed by atoms with van der Waals surface area (Å²) >= 11 is 1.61. The molecule has 98 valence electrons. The molecule has 17 heavy (non-hydrogen) atoms. The fraction of sp³-hybridized carbons (Fsp3) is 0.600. The van der Waals surface area contributed by atoms with Gasteiger partial charge in [0.05, 0.1) is 0 Å². The van der Waals surface area contributed by atoms with Crippen LogP contribution in [0.5, 0.6) is 0 Å². The normalized spacial score (nSPS) is 12.2. The Bertz CT molecular complexity index is 403. The Morgan fingerprint density at radius 2 is 2.29 bits per heavy atom. The summed E-state index contributed by atoms with van der Waals surface area (Å²) in [6.07, 6.45) is 1.15. The third-order valence-corrected chi connectivity index (χ3v) is 4.79. The Labute approximate surface area is 106 Å². The lowest BCUT2D eigenvalue weighted by atomic mass is 10.3. The maximum Gasteiger partial charge on any atom is 0.279 e. The van der Waals surface area contributed by atoms with Crippen molar-refractivity contribution in [1.82, 2.24) is 9.03 Å². The summed E-state index contributed by atoms with van der Waals surface area (Å²) in [5.41, 5.74) is 0. The molecule has 1 aromatic heterocycles. The number of nitrogens with one attached hydrogen (secondary N) is 1. The Hall–Kier alpha value is -0.470. The van der Waals surface area contributed by atoms with Crippen molar-refractivity contribution in [3.05, 3.63) is 22.4 Å². The number of hydrogen-bond donors (Lipinski definition) is 2. The number of thiophene rings is 1. The molecule has 0 saturated carbocycles. The molecule has 0 aromatic carbocycles. The van der Waals surface area contributed by atoms with E-state index in [9.17, 15) is 8.42 Å². The van der Waals surface area contributed by atoms with E-state index in [2.05, 4.69) is 4.72 Å². The van der Waals surface area contributed by atoms with Crippen molar-refractivity contribution in [2.75, 3.05) is 26.7 Å². The standard InChI is InChI=1S/C10H18N2O3S2/c1-12(7-3-8-13)17(14,15)11-6-5-10-4-2-9-16-10/h2,4,9,11,13H,3,5-8H2,1H3. The van der Waals surface area contributed by atoms with Gasteiger partial charge in [0, 0.05) is 31.6 Å². The van der Waals surface area contributed by atoms with Gasteiger partial charge in [-0.15, -0.1) is 11.3 Å². The van der Waals surface area contributed by atoms with Gasteiger partial charge >= 0.3 is 0 Å². The van der Waals surface area contributed by atoms with E-state index in [1.54, 1.807) is 11.3 Å². The molecule has 0 saturated heterocycles. The number of aliphatic hydroxyl groups excluding tert-OH is 1. The summed E-state index contributed by atoms with van der Waals surface area (Å²) < 4.78 is 27.2. The molecule has 0 aliphatic carbocycles. The number of aliphatic hydroxyl groups is 1. The lowest BCUT2D eigenvalue weighted by Gasteiger charge is -2.16. The van der Waals surface area contributed by atoms with E-state index in [0.717, 1.165) is 4.88 Å². The maximum atomic E-state index is 11.7. The molecule has 2 N–H and O–H groups in total. The van der Waals surface area contributed by atoms with Crippen LogP contribution in [0, 0.1) is 0 Å². The van der Waals surface area contributed by atoms with E-state index in [1.165, 1.54) is 11.4 Å². The molecular weight excluding hydrogens is 260 g/mol. The third-order valence-electron chi connectivity index (χ3n) is 2.28. The molecule has 1 aromatic rings. The second-order valence-corrected chi connectivity index (χ2v) is 6.52. The van der Waals surface area contributed by atoms with E-state index < -0.39 is 10.2 Å². The molecule has 1 rings (SSSR count). The molecule has 0 spiro atoms. The molecule has 0 fully saturated rings. The van der Waals surface area contributed by atoms with Crippen LogP contribution in [-0.4, -0.2) is 44.6 Å². The van der Waals surface area contributed by atoms with E-state index in [4.69, 9.17) is 5.11 Å². The molecule has 0 aliphatic rings. The number of hydrogen-bond acceptors (Lipinski definition) is 4. The molecule has 0 bridgehead atoms. The summed E-state index contributed by atoms with van der Waals surface area (Å²) in [5.74, 6) is 0. The van der Waals surface area contributed by atoms with Crippen LogP contribution in [0.25, 0.3) is 0 Å². The molecule has 1 heterocycles. The Kier molecular flexibility index (Phi) is 6.07. The highest BCUT2D eigenvalue weighted by Crippen LogP contribution is 2.08. The minimum Gasteiger partial charge on any atom is -0.396 e. The molecular formula is C10H18N2O3S2. The van der Waals surface area contributed by atoms with Gasteiger partial charge in [-0.25, -0.2) is 4.72 Å². The van der Waals surface area contributed by atoms with Gasteiger partial charge in [0.25, 0.3) is 10.2 Å². The first-order chi connectivity index (χ1) is 8.06. The van der Waals surface area contributed by atoms with Gasteiger partial charge < -0.3 is 5.11 Å². The molecule has 7 heteroatoms. The summed E-state index contributed by atoms with van der Waals surface area (Å²) in [7, 11) is -1.91. The highest BCUT2D eigenvalue weighted by atomic mass is 32.2. The van der Waals surface area contributed by atoms with E-state index in [-0.39, 0.29) is 6.61 Å².